The lowest BCUT2D eigenvalue weighted by atomic mass is 9.55. The zero-order valence-corrected chi connectivity index (χ0v) is 13.8. The molecule has 3 rings (SSSR count). The van der Waals surface area contributed by atoms with E-state index in [1.54, 1.807) is 18.3 Å². The predicted molar refractivity (Wildman–Crippen MR) is 88.2 cm³/mol. The van der Waals surface area contributed by atoms with Gasteiger partial charge in [-0.15, -0.1) is 0 Å². The number of ether oxygens (including phenoxy) is 1. The number of pyridine rings is 1. The van der Waals surface area contributed by atoms with Gasteiger partial charge in [0.1, 0.15) is 6.54 Å². The van der Waals surface area contributed by atoms with E-state index in [1.165, 1.54) is 29.9 Å². The number of hydrogen-bond acceptors (Lipinski definition) is 3. The van der Waals surface area contributed by atoms with Crippen LogP contribution in [0.25, 0.3) is 0 Å². The van der Waals surface area contributed by atoms with Crippen LogP contribution in [0.2, 0.25) is 0 Å². The normalized spacial score (nSPS) is 25.8. The van der Waals surface area contributed by atoms with Crippen LogP contribution in [0.5, 0.6) is 0 Å². The summed E-state index contributed by atoms with van der Waals surface area (Å²) in [5, 5.41) is 3.16. The SMILES string of the molecule is CCO[C@@H]1C[C@H](NC(=O)Cn2ccccc2=O)C12CCCCC2. The molecule has 5 nitrogen and oxygen atoms in total. The Bertz CT molecular complexity index is 604. The Kier molecular flexibility index (Phi) is 4.85. The molecule has 2 saturated carbocycles. The molecule has 2 atom stereocenters. The van der Waals surface area contributed by atoms with E-state index in [0.29, 0.717) is 0 Å². The molecule has 2 aliphatic rings. The Hall–Kier alpha value is -1.62. The van der Waals surface area contributed by atoms with Crippen LogP contribution in [-0.2, 0) is 16.1 Å². The lowest BCUT2D eigenvalue weighted by Gasteiger charge is -2.57. The van der Waals surface area contributed by atoms with Gasteiger partial charge in [0.2, 0.25) is 5.91 Å². The molecule has 0 aliphatic heterocycles. The van der Waals surface area contributed by atoms with Gasteiger partial charge in [-0.2, -0.15) is 0 Å². The molecule has 1 spiro atoms. The molecule has 2 fully saturated rings. The second-order valence-corrected chi connectivity index (χ2v) is 6.76. The third-order valence-corrected chi connectivity index (χ3v) is 5.49. The third kappa shape index (κ3) is 3.20. The van der Waals surface area contributed by atoms with E-state index in [0.717, 1.165) is 25.9 Å². The van der Waals surface area contributed by atoms with Gasteiger partial charge in [0, 0.05) is 30.3 Å². The van der Waals surface area contributed by atoms with Crippen LogP contribution in [0.4, 0.5) is 0 Å². The predicted octanol–water partition coefficient (Wildman–Crippen LogP) is 2.09. The van der Waals surface area contributed by atoms with Gasteiger partial charge in [-0.25, -0.2) is 0 Å². The van der Waals surface area contributed by atoms with Crippen LogP contribution in [0, 0.1) is 5.41 Å². The van der Waals surface area contributed by atoms with Crippen molar-refractivity contribution in [1.29, 1.82) is 0 Å². The van der Waals surface area contributed by atoms with Crippen LogP contribution < -0.4 is 10.9 Å². The molecule has 1 amide bonds. The highest BCUT2D eigenvalue weighted by molar-refractivity contribution is 5.76. The third-order valence-electron chi connectivity index (χ3n) is 5.49. The molecule has 0 aromatic carbocycles. The van der Waals surface area contributed by atoms with E-state index >= 15 is 0 Å². The zero-order chi connectivity index (χ0) is 16.3. The minimum absolute atomic E-state index is 0.0804. The molecule has 1 aromatic heterocycles. The fraction of sp³-hybridized carbons (Fsp3) is 0.667. The molecular weight excluding hydrogens is 292 g/mol. The lowest BCUT2D eigenvalue weighted by molar-refractivity contribution is -0.157. The summed E-state index contributed by atoms with van der Waals surface area (Å²) >= 11 is 0. The number of nitrogens with one attached hydrogen (secondary N) is 1. The maximum absolute atomic E-state index is 12.3. The Balaban J connectivity index is 1.64. The van der Waals surface area contributed by atoms with E-state index in [2.05, 4.69) is 5.32 Å². The molecule has 0 saturated heterocycles. The number of amides is 1. The van der Waals surface area contributed by atoms with E-state index in [1.807, 2.05) is 6.92 Å². The summed E-state index contributed by atoms with van der Waals surface area (Å²) in [6, 6.07) is 5.12. The minimum Gasteiger partial charge on any atom is -0.378 e. The lowest BCUT2D eigenvalue weighted by Crippen LogP contribution is -2.65. The maximum Gasteiger partial charge on any atom is 0.250 e. The van der Waals surface area contributed by atoms with Gasteiger partial charge in [0.25, 0.3) is 5.56 Å². The van der Waals surface area contributed by atoms with Crippen molar-refractivity contribution in [3.63, 3.8) is 0 Å². The van der Waals surface area contributed by atoms with E-state index in [9.17, 15) is 9.59 Å². The number of rotatable bonds is 5. The van der Waals surface area contributed by atoms with Crippen LogP contribution in [0.3, 0.4) is 0 Å². The van der Waals surface area contributed by atoms with Crippen molar-refractivity contribution in [3.05, 3.63) is 34.7 Å². The molecule has 2 aliphatic carbocycles. The van der Waals surface area contributed by atoms with Crippen molar-refractivity contribution in [2.24, 2.45) is 5.41 Å². The number of hydrogen-bond donors (Lipinski definition) is 1. The molecule has 126 valence electrons. The van der Waals surface area contributed by atoms with Gasteiger partial charge in [0.15, 0.2) is 0 Å². The highest BCUT2D eigenvalue weighted by Crippen LogP contribution is 2.53. The largest absolute Gasteiger partial charge is 0.378 e. The van der Waals surface area contributed by atoms with Crippen LogP contribution in [0.15, 0.2) is 29.2 Å². The Morgan fingerprint density at radius 3 is 2.83 bits per heavy atom. The second-order valence-electron chi connectivity index (χ2n) is 6.76. The highest BCUT2D eigenvalue weighted by Gasteiger charge is 2.56. The first-order valence-electron chi connectivity index (χ1n) is 8.72. The Morgan fingerprint density at radius 2 is 2.13 bits per heavy atom. The molecule has 5 heteroatoms. The summed E-state index contributed by atoms with van der Waals surface area (Å²) in [7, 11) is 0. The fourth-order valence-corrected chi connectivity index (χ4v) is 4.25. The molecule has 23 heavy (non-hydrogen) atoms. The van der Waals surface area contributed by atoms with Gasteiger partial charge >= 0.3 is 0 Å². The van der Waals surface area contributed by atoms with E-state index in [4.69, 9.17) is 4.74 Å². The van der Waals surface area contributed by atoms with Crippen molar-refractivity contribution in [1.82, 2.24) is 9.88 Å². The summed E-state index contributed by atoms with van der Waals surface area (Å²) in [5.74, 6) is -0.0804. The monoisotopic (exact) mass is 318 g/mol. The molecule has 1 heterocycles. The average molecular weight is 318 g/mol. The Morgan fingerprint density at radius 1 is 1.35 bits per heavy atom. The first-order valence-corrected chi connectivity index (χ1v) is 8.72. The van der Waals surface area contributed by atoms with Gasteiger partial charge in [0.05, 0.1) is 6.10 Å². The molecule has 1 N–H and O–H groups in total. The van der Waals surface area contributed by atoms with Gasteiger partial charge in [-0.3, -0.25) is 9.59 Å². The molecule has 0 unspecified atom stereocenters. The zero-order valence-electron chi connectivity index (χ0n) is 13.8. The smallest absolute Gasteiger partial charge is 0.250 e. The summed E-state index contributed by atoms with van der Waals surface area (Å²) in [4.78, 5) is 24.1. The Labute approximate surface area is 137 Å². The summed E-state index contributed by atoms with van der Waals surface area (Å²) in [5.41, 5.74) is -0.0261. The van der Waals surface area contributed by atoms with Crippen LogP contribution in [-0.4, -0.2) is 29.2 Å². The van der Waals surface area contributed by atoms with Crippen LogP contribution >= 0.6 is 0 Å². The van der Waals surface area contributed by atoms with E-state index in [-0.39, 0.29) is 35.6 Å². The maximum atomic E-state index is 12.3. The number of carbonyl (C=O) groups excluding carboxylic acids is 1. The van der Waals surface area contributed by atoms with Crippen molar-refractivity contribution >= 4 is 5.91 Å². The van der Waals surface area contributed by atoms with Gasteiger partial charge in [-0.1, -0.05) is 25.3 Å². The van der Waals surface area contributed by atoms with Gasteiger partial charge in [-0.05, 0) is 32.3 Å². The standard InChI is InChI=1S/C18H26N2O3/c1-2-23-15-12-14(18(15)9-5-3-6-10-18)19-16(21)13-20-11-7-4-8-17(20)22/h4,7-8,11,14-15H,2-3,5-6,9-10,12-13H2,1H3,(H,19,21)/t14-,15+/m0/s1. The topological polar surface area (TPSA) is 60.3 Å². The minimum atomic E-state index is -0.143. The number of carbonyl (C=O) groups is 1. The van der Waals surface area contributed by atoms with Crippen molar-refractivity contribution < 1.29 is 9.53 Å². The van der Waals surface area contributed by atoms with Crippen molar-refractivity contribution in [2.45, 2.75) is 64.1 Å². The highest BCUT2D eigenvalue weighted by atomic mass is 16.5. The number of aromatic nitrogens is 1. The van der Waals surface area contributed by atoms with Crippen molar-refractivity contribution in [2.75, 3.05) is 6.61 Å². The summed E-state index contributed by atoms with van der Waals surface area (Å²) < 4.78 is 7.36. The first-order chi connectivity index (χ1) is 11.2. The average Bonchev–Trinajstić information content (AvgIpc) is 2.57. The van der Waals surface area contributed by atoms with Crippen molar-refractivity contribution in [3.8, 4) is 0 Å². The molecular formula is C18H26N2O3. The molecule has 0 radical (unpaired) electrons. The number of nitrogens with zero attached hydrogens (tertiary/aromatic N) is 1. The van der Waals surface area contributed by atoms with Gasteiger partial charge < -0.3 is 14.6 Å². The molecule has 0 bridgehead atoms. The fourth-order valence-electron chi connectivity index (χ4n) is 4.25. The quantitative estimate of drug-likeness (QED) is 0.904. The summed E-state index contributed by atoms with van der Waals surface area (Å²) in [6.07, 6.45) is 8.80. The summed E-state index contributed by atoms with van der Waals surface area (Å²) in [6.45, 7) is 2.85. The molecule has 1 aromatic rings. The van der Waals surface area contributed by atoms with E-state index < -0.39 is 0 Å². The van der Waals surface area contributed by atoms with Crippen LogP contribution in [0.1, 0.15) is 45.4 Å². The first kappa shape index (κ1) is 16.2. The second kappa shape index (κ2) is 6.87.